The number of hydrogen-bond acceptors (Lipinski definition) is 2. The first-order valence-corrected chi connectivity index (χ1v) is 13.9. The van der Waals surface area contributed by atoms with Gasteiger partial charge in [0.1, 0.15) is 0 Å². The summed E-state index contributed by atoms with van der Waals surface area (Å²) in [5.74, 6) is 0. The van der Waals surface area contributed by atoms with E-state index in [4.69, 9.17) is 0 Å². The third-order valence-corrected chi connectivity index (χ3v) is 9.62. The molecule has 0 aliphatic heterocycles. The van der Waals surface area contributed by atoms with E-state index in [9.17, 15) is 0 Å². The highest BCUT2D eigenvalue weighted by Crippen LogP contribution is 2.46. The third kappa shape index (κ3) is 2.86. The molecule has 0 radical (unpaired) electrons. The zero-order valence-electron chi connectivity index (χ0n) is 19.4. The molecule has 0 amide bonds. The van der Waals surface area contributed by atoms with Crippen molar-refractivity contribution in [3.63, 3.8) is 0 Å². The Bertz CT molecular complexity index is 2030. The van der Waals surface area contributed by atoms with Gasteiger partial charge < -0.3 is 0 Å². The van der Waals surface area contributed by atoms with Crippen molar-refractivity contribution in [3.05, 3.63) is 121 Å². The summed E-state index contributed by atoms with van der Waals surface area (Å²) in [5.41, 5.74) is 5.17. The van der Waals surface area contributed by atoms with Gasteiger partial charge in [-0.15, -0.1) is 22.7 Å². The van der Waals surface area contributed by atoms with Crippen LogP contribution >= 0.6 is 22.7 Å². The fourth-order valence-electron chi connectivity index (χ4n) is 5.77. The molecule has 2 heteroatoms. The van der Waals surface area contributed by atoms with Crippen molar-refractivity contribution in [1.82, 2.24) is 0 Å². The van der Waals surface area contributed by atoms with Gasteiger partial charge in [0.2, 0.25) is 0 Å². The Balaban J connectivity index is 1.49. The van der Waals surface area contributed by atoms with Crippen molar-refractivity contribution in [3.8, 4) is 22.3 Å². The van der Waals surface area contributed by atoms with Gasteiger partial charge in [0.15, 0.2) is 0 Å². The summed E-state index contributed by atoms with van der Waals surface area (Å²) in [4.78, 5) is 0. The van der Waals surface area contributed by atoms with Crippen LogP contribution in [0, 0.1) is 0 Å². The standard InChI is InChI=1S/C34H20S2/c1-2-8-21(9-3-1)31-24-10-4-6-12-26(24)32(27-13-7-5-11-25(27)31)23-15-17-30-29(20-23)28-16-14-22-18-19-35-33(22)34(28)36-30/h1-20H. The minimum Gasteiger partial charge on any atom is -0.142 e. The van der Waals surface area contributed by atoms with Crippen LogP contribution in [0.2, 0.25) is 0 Å². The van der Waals surface area contributed by atoms with E-state index >= 15 is 0 Å². The largest absolute Gasteiger partial charge is 0.142 e. The van der Waals surface area contributed by atoms with E-state index in [2.05, 4.69) is 121 Å². The Labute approximate surface area is 216 Å². The second kappa shape index (κ2) is 7.76. The highest BCUT2D eigenvalue weighted by atomic mass is 32.1. The normalized spacial score (nSPS) is 11.9. The van der Waals surface area contributed by atoms with Gasteiger partial charge in [0, 0.05) is 15.5 Å². The van der Waals surface area contributed by atoms with Gasteiger partial charge >= 0.3 is 0 Å². The van der Waals surface area contributed by atoms with Gasteiger partial charge in [-0.3, -0.25) is 0 Å². The Morgan fingerprint density at radius 2 is 1.06 bits per heavy atom. The minimum absolute atomic E-state index is 1.26. The zero-order valence-corrected chi connectivity index (χ0v) is 21.0. The van der Waals surface area contributed by atoms with Crippen LogP contribution in [-0.2, 0) is 0 Å². The molecule has 0 aliphatic carbocycles. The van der Waals surface area contributed by atoms with Gasteiger partial charge in [-0.05, 0) is 72.8 Å². The van der Waals surface area contributed by atoms with Gasteiger partial charge in [-0.2, -0.15) is 0 Å². The Hall–Kier alpha value is -3.98. The van der Waals surface area contributed by atoms with Crippen molar-refractivity contribution >= 4 is 74.5 Å². The molecule has 0 saturated heterocycles. The first-order chi connectivity index (χ1) is 17.9. The molecular formula is C34H20S2. The average Bonchev–Trinajstić information content (AvgIpc) is 3.56. The Kier molecular flexibility index (Phi) is 4.36. The topological polar surface area (TPSA) is 0 Å². The fraction of sp³-hybridized carbons (Fsp3) is 0. The molecule has 6 aromatic carbocycles. The summed E-state index contributed by atoms with van der Waals surface area (Å²) in [6, 6.07) is 42.5. The molecule has 8 aromatic rings. The van der Waals surface area contributed by atoms with Gasteiger partial charge in [0.25, 0.3) is 0 Å². The fourth-order valence-corrected chi connectivity index (χ4v) is 8.01. The molecule has 0 N–H and O–H groups in total. The molecule has 0 nitrogen and oxygen atoms in total. The Morgan fingerprint density at radius 3 is 1.75 bits per heavy atom. The number of thiophene rings is 2. The lowest BCUT2D eigenvalue weighted by molar-refractivity contribution is 1.66. The lowest BCUT2D eigenvalue weighted by Crippen LogP contribution is -1.90. The number of rotatable bonds is 2. The van der Waals surface area contributed by atoms with Crippen molar-refractivity contribution in [1.29, 1.82) is 0 Å². The van der Waals surface area contributed by atoms with Crippen molar-refractivity contribution in [2.24, 2.45) is 0 Å². The maximum absolute atomic E-state index is 2.42. The van der Waals surface area contributed by atoms with E-state index in [-0.39, 0.29) is 0 Å². The third-order valence-electron chi connectivity index (χ3n) is 7.34. The molecule has 0 bridgehead atoms. The maximum Gasteiger partial charge on any atom is 0.0533 e. The highest BCUT2D eigenvalue weighted by Gasteiger charge is 2.17. The second-order valence-electron chi connectivity index (χ2n) is 9.30. The molecule has 0 aliphatic rings. The number of benzene rings is 6. The Morgan fingerprint density at radius 1 is 0.417 bits per heavy atom. The summed E-state index contributed by atoms with van der Waals surface area (Å²) in [6.07, 6.45) is 0. The van der Waals surface area contributed by atoms with E-state index in [1.54, 1.807) is 0 Å². The van der Waals surface area contributed by atoms with Crippen LogP contribution in [0.3, 0.4) is 0 Å². The average molecular weight is 493 g/mol. The summed E-state index contributed by atoms with van der Waals surface area (Å²) in [6.45, 7) is 0. The zero-order chi connectivity index (χ0) is 23.6. The molecule has 8 rings (SSSR count). The quantitative estimate of drug-likeness (QED) is 0.211. The van der Waals surface area contributed by atoms with Crippen LogP contribution in [0.25, 0.3) is 74.1 Å². The predicted octanol–water partition coefficient (Wildman–Crippen LogP) is 10.9. The van der Waals surface area contributed by atoms with E-state index in [0.717, 1.165) is 0 Å². The van der Waals surface area contributed by atoms with Crippen LogP contribution in [0.1, 0.15) is 0 Å². The molecule has 168 valence electrons. The molecule has 2 aromatic heterocycles. The lowest BCUT2D eigenvalue weighted by atomic mass is 9.86. The second-order valence-corrected chi connectivity index (χ2v) is 11.3. The van der Waals surface area contributed by atoms with E-state index in [0.29, 0.717) is 0 Å². The first-order valence-electron chi connectivity index (χ1n) is 12.2. The predicted molar refractivity (Wildman–Crippen MR) is 161 cm³/mol. The highest BCUT2D eigenvalue weighted by molar-refractivity contribution is 7.30. The van der Waals surface area contributed by atoms with Crippen LogP contribution in [-0.4, -0.2) is 0 Å². The molecule has 36 heavy (non-hydrogen) atoms. The lowest BCUT2D eigenvalue weighted by Gasteiger charge is -2.17. The molecule has 0 saturated carbocycles. The number of fused-ring (bicyclic) bond motifs is 7. The van der Waals surface area contributed by atoms with Crippen LogP contribution in [0.15, 0.2) is 121 Å². The summed E-state index contributed by atoms with van der Waals surface area (Å²) in [5, 5.41) is 11.5. The van der Waals surface area contributed by atoms with Gasteiger partial charge in [-0.1, -0.05) is 97.1 Å². The smallest absolute Gasteiger partial charge is 0.0533 e. The van der Waals surface area contributed by atoms with Crippen LogP contribution < -0.4 is 0 Å². The van der Waals surface area contributed by atoms with Crippen molar-refractivity contribution in [2.45, 2.75) is 0 Å². The van der Waals surface area contributed by atoms with E-state index in [1.807, 2.05) is 22.7 Å². The van der Waals surface area contributed by atoms with Crippen molar-refractivity contribution in [2.75, 3.05) is 0 Å². The molecular weight excluding hydrogens is 473 g/mol. The maximum atomic E-state index is 2.42. The SMILES string of the molecule is c1ccc(-c2c3ccccc3c(-c3ccc4sc5c(ccc6ccsc65)c4c3)c3ccccc23)cc1. The molecule has 0 unspecified atom stereocenters. The van der Waals surface area contributed by atoms with Crippen LogP contribution in [0.4, 0.5) is 0 Å². The van der Waals surface area contributed by atoms with Gasteiger partial charge in [-0.25, -0.2) is 0 Å². The molecule has 0 fully saturated rings. The summed E-state index contributed by atoms with van der Waals surface area (Å²) < 4.78 is 4.16. The monoisotopic (exact) mass is 492 g/mol. The molecule has 0 spiro atoms. The van der Waals surface area contributed by atoms with E-state index < -0.39 is 0 Å². The molecule has 0 atom stereocenters. The van der Waals surface area contributed by atoms with Crippen molar-refractivity contribution < 1.29 is 0 Å². The number of hydrogen-bond donors (Lipinski definition) is 0. The molecule has 2 heterocycles. The summed E-state index contributed by atoms with van der Waals surface area (Å²) in [7, 11) is 0. The van der Waals surface area contributed by atoms with E-state index in [1.165, 1.54) is 74.1 Å². The summed E-state index contributed by atoms with van der Waals surface area (Å²) >= 11 is 3.76. The minimum atomic E-state index is 1.26. The van der Waals surface area contributed by atoms with Gasteiger partial charge in [0.05, 0.1) is 9.40 Å². The first kappa shape index (κ1) is 20.2. The van der Waals surface area contributed by atoms with Crippen LogP contribution in [0.5, 0.6) is 0 Å².